The number of benzene rings is 1. The molecule has 2 fully saturated rings. The van der Waals surface area contributed by atoms with E-state index in [0.29, 0.717) is 0 Å². The average molecular weight is 330 g/mol. The van der Waals surface area contributed by atoms with Crippen molar-refractivity contribution in [1.82, 2.24) is 10.2 Å². The number of hydrogen-bond donors (Lipinski definition) is 1. The van der Waals surface area contributed by atoms with Crippen LogP contribution in [-0.2, 0) is 16.1 Å². The second-order valence-electron chi connectivity index (χ2n) is 7.88. The molecule has 2 heterocycles. The Morgan fingerprint density at radius 2 is 1.83 bits per heavy atom. The summed E-state index contributed by atoms with van der Waals surface area (Å²) in [4.78, 5) is 27.3. The molecule has 5 heteroatoms. The topological polar surface area (TPSA) is 58.6 Å². The molecular formula is C19H26N2O3. The van der Waals surface area contributed by atoms with Gasteiger partial charge in [0.1, 0.15) is 12.1 Å². The fraction of sp³-hybridized carbons (Fsp3) is 0.579. The molecule has 24 heavy (non-hydrogen) atoms. The molecule has 2 aliphatic rings. The Kier molecular flexibility index (Phi) is 4.28. The van der Waals surface area contributed by atoms with Crippen LogP contribution in [-0.4, -0.2) is 34.0 Å². The van der Waals surface area contributed by atoms with Crippen molar-refractivity contribution in [3.8, 4) is 0 Å². The Hall–Kier alpha value is -2.04. The van der Waals surface area contributed by atoms with Crippen LogP contribution < -0.4 is 5.32 Å². The van der Waals surface area contributed by atoms with Crippen LogP contribution in [0.15, 0.2) is 30.3 Å². The first-order chi connectivity index (χ1) is 11.3. The summed E-state index contributed by atoms with van der Waals surface area (Å²) < 4.78 is 5.51. The van der Waals surface area contributed by atoms with Crippen LogP contribution in [0.5, 0.6) is 0 Å². The van der Waals surface area contributed by atoms with Crippen molar-refractivity contribution in [3.63, 3.8) is 0 Å². The number of nitrogens with zero attached hydrogens (tertiary/aromatic N) is 1. The minimum atomic E-state index is -0.730. The van der Waals surface area contributed by atoms with Gasteiger partial charge in [-0.25, -0.2) is 4.79 Å². The SMILES string of the molecule is CC(C)(C)NC(=O)C12CCC(CC1)N2C(=O)OCc1ccccc1. The van der Waals surface area contributed by atoms with E-state index in [0.717, 1.165) is 31.2 Å². The monoisotopic (exact) mass is 330 g/mol. The maximum absolute atomic E-state index is 12.9. The smallest absolute Gasteiger partial charge is 0.411 e. The first kappa shape index (κ1) is 16.8. The van der Waals surface area contributed by atoms with Crippen molar-refractivity contribution in [2.45, 2.75) is 70.2 Å². The van der Waals surface area contributed by atoms with Crippen molar-refractivity contribution in [3.05, 3.63) is 35.9 Å². The van der Waals surface area contributed by atoms with Gasteiger partial charge in [0.05, 0.1) is 0 Å². The Morgan fingerprint density at radius 3 is 2.42 bits per heavy atom. The van der Waals surface area contributed by atoms with Gasteiger partial charge in [-0.05, 0) is 52.0 Å². The molecule has 0 spiro atoms. The van der Waals surface area contributed by atoms with E-state index in [-0.39, 0.29) is 30.2 Å². The van der Waals surface area contributed by atoms with E-state index in [4.69, 9.17) is 4.74 Å². The van der Waals surface area contributed by atoms with Crippen LogP contribution in [0.3, 0.4) is 0 Å². The van der Waals surface area contributed by atoms with Gasteiger partial charge < -0.3 is 10.1 Å². The highest BCUT2D eigenvalue weighted by Gasteiger charge is 2.59. The molecule has 0 atom stereocenters. The maximum Gasteiger partial charge on any atom is 0.411 e. The molecular weight excluding hydrogens is 304 g/mol. The molecule has 1 N–H and O–H groups in total. The van der Waals surface area contributed by atoms with Crippen LogP contribution in [0.25, 0.3) is 0 Å². The van der Waals surface area contributed by atoms with Crippen molar-refractivity contribution < 1.29 is 14.3 Å². The quantitative estimate of drug-likeness (QED) is 0.925. The Morgan fingerprint density at radius 1 is 1.21 bits per heavy atom. The first-order valence-corrected chi connectivity index (χ1v) is 8.64. The number of carbonyl (C=O) groups excluding carboxylic acids is 2. The standard InChI is InChI=1S/C19H26N2O3/c1-18(2,3)20-16(22)19-11-9-15(10-12-19)21(19)17(23)24-13-14-7-5-4-6-8-14/h4-8,15H,9-13H2,1-3H3,(H,20,22). The molecule has 2 bridgehead atoms. The average Bonchev–Trinajstić information content (AvgIpc) is 3.09. The Bertz CT molecular complexity index is 613. The van der Waals surface area contributed by atoms with Crippen LogP contribution in [0.2, 0.25) is 0 Å². The summed E-state index contributed by atoms with van der Waals surface area (Å²) in [6.07, 6.45) is 2.82. The van der Waals surface area contributed by atoms with E-state index in [9.17, 15) is 9.59 Å². The first-order valence-electron chi connectivity index (χ1n) is 8.64. The Balaban J connectivity index is 1.71. The number of amides is 2. The second kappa shape index (κ2) is 6.11. The Labute approximate surface area is 143 Å². The lowest BCUT2D eigenvalue weighted by atomic mass is 9.86. The van der Waals surface area contributed by atoms with Crippen molar-refractivity contribution >= 4 is 12.0 Å². The molecule has 5 nitrogen and oxygen atoms in total. The zero-order chi connectivity index (χ0) is 17.4. The third-order valence-electron chi connectivity index (χ3n) is 4.92. The van der Waals surface area contributed by atoms with Gasteiger partial charge in [0.2, 0.25) is 5.91 Å². The minimum absolute atomic E-state index is 0.0494. The highest BCUT2D eigenvalue weighted by atomic mass is 16.6. The van der Waals surface area contributed by atoms with E-state index in [1.165, 1.54) is 0 Å². The molecule has 1 aromatic rings. The highest BCUT2D eigenvalue weighted by molar-refractivity contribution is 5.92. The summed E-state index contributed by atoms with van der Waals surface area (Å²) in [5, 5.41) is 3.05. The molecule has 0 aromatic heterocycles. The number of rotatable bonds is 3. The third kappa shape index (κ3) is 3.12. The predicted molar refractivity (Wildman–Crippen MR) is 91.3 cm³/mol. The van der Waals surface area contributed by atoms with E-state index in [1.54, 1.807) is 4.90 Å². The fourth-order valence-electron chi connectivity index (χ4n) is 3.83. The molecule has 1 aromatic carbocycles. The summed E-state index contributed by atoms with van der Waals surface area (Å²) in [5.74, 6) is -0.0494. The van der Waals surface area contributed by atoms with E-state index in [2.05, 4.69) is 5.32 Å². The van der Waals surface area contributed by atoms with Gasteiger partial charge in [0.15, 0.2) is 0 Å². The van der Waals surface area contributed by atoms with E-state index in [1.807, 2.05) is 51.1 Å². The number of fused-ring (bicyclic) bond motifs is 2. The summed E-state index contributed by atoms with van der Waals surface area (Å²) >= 11 is 0. The maximum atomic E-state index is 12.9. The van der Waals surface area contributed by atoms with Crippen LogP contribution in [0, 0.1) is 0 Å². The van der Waals surface area contributed by atoms with Gasteiger partial charge in [-0.1, -0.05) is 30.3 Å². The van der Waals surface area contributed by atoms with Crippen molar-refractivity contribution in [2.24, 2.45) is 0 Å². The summed E-state index contributed by atoms with van der Waals surface area (Å²) in [6.45, 7) is 6.11. The molecule has 2 saturated heterocycles. The zero-order valence-corrected chi connectivity index (χ0v) is 14.7. The molecule has 0 unspecified atom stereocenters. The van der Waals surface area contributed by atoms with Gasteiger partial charge in [0, 0.05) is 11.6 Å². The van der Waals surface area contributed by atoms with Crippen LogP contribution >= 0.6 is 0 Å². The van der Waals surface area contributed by atoms with Crippen LogP contribution in [0.1, 0.15) is 52.0 Å². The highest BCUT2D eigenvalue weighted by Crippen LogP contribution is 2.47. The largest absolute Gasteiger partial charge is 0.445 e. The van der Waals surface area contributed by atoms with Gasteiger partial charge in [-0.15, -0.1) is 0 Å². The van der Waals surface area contributed by atoms with E-state index >= 15 is 0 Å². The predicted octanol–water partition coefficient (Wildman–Crippen LogP) is 3.23. The van der Waals surface area contributed by atoms with Gasteiger partial charge in [-0.3, -0.25) is 9.69 Å². The fourth-order valence-corrected chi connectivity index (χ4v) is 3.83. The second-order valence-corrected chi connectivity index (χ2v) is 7.88. The molecule has 3 rings (SSSR count). The molecule has 0 aliphatic carbocycles. The van der Waals surface area contributed by atoms with Crippen LogP contribution in [0.4, 0.5) is 4.79 Å². The summed E-state index contributed by atoms with van der Waals surface area (Å²) in [5.41, 5.74) is -0.0942. The lowest BCUT2D eigenvalue weighted by Crippen LogP contribution is -2.58. The van der Waals surface area contributed by atoms with Crippen molar-refractivity contribution in [2.75, 3.05) is 0 Å². The lowest BCUT2D eigenvalue weighted by Gasteiger charge is -2.35. The molecule has 2 amide bonds. The molecule has 2 aliphatic heterocycles. The van der Waals surface area contributed by atoms with Gasteiger partial charge in [-0.2, -0.15) is 0 Å². The summed E-state index contributed by atoms with van der Waals surface area (Å²) in [7, 11) is 0. The van der Waals surface area contributed by atoms with Gasteiger partial charge >= 0.3 is 6.09 Å². The van der Waals surface area contributed by atoms with Gasteiger partial charge in [0.25, 0.3) is 0 Å². The molecule has 0 saturated carbocycles. The minimum Gasteiger partial charge on any atom is -0.445 e. The lowest BCUT2D eigenvalue weighted by molar-refractivity contribution is -0.132. The molecule has 0 radical (unpaired) electrons. The number of carbonyl (C=O) groups is 2. The third-order valence-corrected chi connectivity index (χ3v) is 4.92. The number of ether oxygens (including phenoxy) is 1. The van der Waals surface area contributed by atoms with E-state index < -0.39 is 5.54 Å². The number of nitrogens with one attached hydrogen (secondary N) is 1. The normalized spacial score (nSPS) is 25.6. The zero-order valence-electron chi connectivity index (χ0n) is 14.7. The molecule has 130 valence electrons. The number of hydrogen-bond acceptors (Lipinski definition) is 3. The summed E-state index contributed by atoms with van der Waals surface area (Å²) in [6, 6.07) is 9.74. The van der Waals surface area contributed by atoms with Crippen molar-refractivity contribution in [1.29, 1.82) is 0 Å².